The molecule has 0 saturated heterocycles. The highest BCUT2D eigenvalue weighted by atomic mass is 16.6. The van der Waals surface area contributed by atoms with Gasteiger partial charge in [-0.1, -0.05) is 78.8 Å². The number of rotatable bonds is 25. The van der Waals surface area contributed by atoms with E-state index in [-0.39, 0.29) is 104 Å². The number of amides is 2. The SMILES string of the molecule is C.C.C.C.C.C.C=CC(C)=O.CCC(=O)NC1CCC1.CCC(=O)OCCOCCOC.CCC(CC(CC(C)C(=O)NC1CCC1)C(=O)OCCOCCOC)C(C)=O. The minimum atomic E-state index is -0.477. The van der Waals surface area contributed by atoms with Crippen LogP contribution in [-0.2, 0) is 57.2 Å². The van der Waals surface area contributed by atoms with Crippen molar-refractivity contribution >= 4 is 35.3 Å². The Hall–Kier alpha value is -3.20. The van der Waals surface area contributed by atoms with Crippen LogP contribution in [0.1, 0.15) is 157 Å². The summed E-state index contributed by atoms with van der Waals surface area (Å²) in [4.78, 5) is 67.8. The average Bonchev–Trinajstić information content (AvgIpc) is 3.12. The second-order valence-corrected chi connectivity index (χ2v) is 13.2. The number of nitrogens with one attached hydrogen (secondary N) is 2. The quantitative estimate of drug-likeness (QED) is 0.0507. The lowest BCUT2D eigenvalue weighted by atomic mass is 9.84. The summed E-state index contributed by atoms with van der Waals surface area (Å²) >= 11 is 0. The molecule has 2 rings (SSSR count). The normalized spacial score (nSPS) is 13.4. The second kappa shape index (κ2) is 50.2. The zero-order valence-electron chi connectivity index (χ0n) is 34.5. The molecule has 2 saturated carbocycles. The number of esters is 2. The molecule has 14 heteroatoms. The predicted octanol–water partition coefficient (Wildman–Crippen LogP) is 8.75. The monoisotopic (exact) mass is 869 g/mol. The van der Waals surface area contributed by atoms with Gasteiger partial charge in [-0.05, 0) is 77.7 Å². The molecule has 0 radical (unpaired) electrons. The maximum Gasteiger partial charge on any atom is 0.309 e. The first-order valence-corrected chi connectivity index (χ1v) is 19.5. The summed E-state index contributed by atoms with van der Waals surface area (Å²) in [6.45, 7) is 16.9. The van der Waals surface area contributed by atoms with Gasteiger partial charge in [0.1, 0.15) is 19.0 Å². The molecule has 3 unspecified atom stereocenters. The molecule has 14 nitrogen and oxygen atoms in total. The molecule has 362 valence electrons. The second-order valence-electron chi connectivity index (χ2n) is 13.2. The van der Waals surface area contributed by atoms with Crippen LogP contribution in [0.2, 0.25) is 0 Å². The fourth-order valence-electron chi connectivity index (χ4n) is 4.69. The maximum absolute atomic E-state index is 12.6. The van der Waals surface area contributed by atoms with Gasteiger partial charge in [-0.15, -0.1) is 0 Å². The smallest absolute Gasteiger partial charge is 0.309 e. The van der Waals surface area contributed by atoms with Crippen LogP contribution in [0.3, 0.4) is 0 Å². The van der Waals surface area contributed by atoms with Gasteiger partial charge in [0.25, 0.3) is 0 Å². The molecule has 2 amide bonds. The van der Waals surface area contributed by atoms with Crippen LogP contribution in [0.5, 0.6) is 0 Å². The summed E-state index contributed by atoms with van der Waals surface area (Å²) in [5.74, 6) is -1.28. The largest absolute Gasteiger partial charge is 0.463 e. The van der Waals surface area contributed by atoms with Gasteiger partial charge in [0.05, 0.1) is 45.6 Å². The third kappa shape index (κ3) is 42.9. The number of methoxy groups -OCH3 is 2. The third-order valence-corrected chi connectivity index (χ3v) is 8.70. The van der Waals surface area contributed by atoms with Crippen LogP contribution in [0, 0.1) is 17.8 Å². The van der Waals surface area contributed by atoms with E-state index in [9.17, 15) is 28.8 Å². The lowest BCUT2D eigenvalue weighted by Crippen LogP contribution is -2.42. The molecule has 3 atom stereocenters. The van der Waals surface area contributed by atoms with Crippen molar-refractivity contribution in [2.24, 2.45) is 17.8 Å². The number of ether oxygens (including phenoxy) is 6. The van der Waals surface area contributed by atoms with E-state index in [0.717, 1.165) is 19.3 Å². The molecule has 0 heterocycles. The lowest BCUT2D eigenvalue weighted by molar-refractivity contribution is -0.152. The van der Waals surface area contributed by atoms with Crippen LogP contribution < -0.4 is 10.6 Å². The van der Waals surface area contributed by atoms with Crippen molar-refractivity contribution in [3.63, 3.8) is 0 Å². The van der Waals surface area contributed by atoms with E-state index in [1.54, 1.807) is 28.1 Å². The first-order chi connectivity index (χ1) is 25.8. The van der Waals surface area contributed by atoms with Gasteiger partial charge in [-0.25, -0.2) is 0 Å². The van der Waals surface area contributed by atoms with E-state index < -0.39 is 5.92 Å². The molecule has 2 aliphatic carbocycles. The zero-order chi connectivity index (χ0) is 41.1. The molecular formula is C46H96N2O12. The molecular weight excluding hydrogens is 773 g/mol. The number of hydrogen-bond donors (Lipinski definition) is 2. The highest BCUT2D eigenvalue weighted by Crippen LogP contribution is 2.26. The number of ketones is 2. The van der Waals surface area contributed by atoms with Gasteiger partial charge in [-0.2, -0.15) is 0 Å². The Morgan fingerprint density at radius 1 is 0.633 bits per heavy atom. The van der Waals surface area contributed by atoms with E-state index in [1.807, 2.05) is 20.8 Å². The number of allylic oxidation sites excluding steroid dienone is 1. The van der Waals surface area contributed by atoms with Crippen molar-refractivity contribution in [3.8, 4) is 0 Å². The van der Waals surface area contributed by atoms with Crippen molar-refractivity contribution in [2.45, 2.75) is 169 Å². The van der Waals surface area contributed by atoms with Gasteiger partial charge >= 0.3 is 11.9 Å². The fourth-order valence-corrected chi connectivity index (χ4v) is 4.69. The van der Waals surface area contributed by atoms with Crippen LogP contribution in [0.15, 0.2) is 12.7 Å². The first kappa shape index (κ1) is 74.3. The van der Waals surface area contributed by atoms with Crippen molar-refractivity contribution in [2.75, 3.05) is 67.1 Å². The summed E-state index contributed by atoms with van der Waals surface area (Å²) in [7, 11) is 3.20. The van der Waals surface area contributed by atoms with E-state index in [0.29, 0.717) is 84.4 Å². The highest BCUT2D eigenvalue weighted by Gasteiger charge is 2.31. The highest BCUT2D eigenvalue weighted by molar-refractivity contribution is 5.86. The van der Waals surface area contributed by atoms with Crippen molar-refractivity contribution in [3.05, 3.63) is 12.7 Å². The van der Waals surface area contributed by atoms with Gasteiger partial charge < -0.3 is 39.1 Å². The van der Waals surface area contributed by atoms with Gasteiger partial charge in [0, 0.05) is 51.0 Å². The molecule has 0 aromatic carbocycles. The fraction of sp³-hybridized carbons (Fsp3) is 0.826. The van der Waals surface area contributed by atoms with Gasteiger partial charge in [0.15, 0.2) is 5.78 Å². The summed E-state index contributed by atoms with van der Waals surface area (Å²) in [6, 6.07) is 0.780. The van der Waals surface area contributed by atoms with E-state index >= 15 is 0 Å². The number of Topliss-reactive ketones (excluding diaryl/α,β-unsaturated/α-hetero) is 1. The Balaban J connectivity index is -0.000000117. The molecule has 0 spiro atoms. The van der Waals surface area contributed by atoms with Crippen molar-refractivity contribution < 1.29 is 57.2 Å². The number of carbonyl (C=O) groups is 6. The Labute approximate surface area is 368 Å². The van der Waals surface area contributed by atoms with Gasteiger partial charge in [-0.3, -0.25) is 28.8 Å². The molecule has 2 N–H and O–H groups in total. The van der Waals surface area contributed by atoms with Crippen LogP contribution >= 0.6 is 0 Å². The lowest BCUT2D eigenvalue weighted by Gasteiger charge is -2.29. The summed E-state index contributed by atoms with van der Waals surface area (Å²) in [6.07, 6.45) is 10.6. The Bertz CT molecular complexity index is 1050. The van der Waals surface area contributed by atoms with Crippen molar-refractivity contribution in [1.29, 1.82) is 0 Å². The summed E-state index contributed by atoms with van der Waals surface area (Å²) < 4.78 is 30.1. The van der Waals surface area contributed by atoms with Crippen LogP contribution in [0.25, 0.3) is 0 Å². The minimum absolute atomic E-state index is 0. The van der Waals surface area contributed by atoms with E-state index in [2.05, 4.69) is 17.2 Å². The maximum atomic E-state index is 12.6. The van der Waals surface area contributed by atoms with E-state index in [1.165, 1.54) is 32.3 Å². The molecule has 60 heavy (non-hydrogen) atoms. The topological polar surface area (TPSA) is 182 Å². The average molecular weight is 869 g/mol. The van der Waals surface area contributed by atoms with Crippen LogP contribution in [0.4, 0.5) is 0 Å². The Morgan fingerprint density at radius 3 is 1.42 bits per heavy atom. The first-order valence-electron chi connectivity index (χ1n) is 19.5. The summed E-state index contributed by atoms with van der Waals surface area (Å²) in [5, 5.41) is 5.96. The predicted molar refractivity (Wildman–Crippen MR) is 247 cm³/mol. The zero-order valence-corrected chi connectivity index (χ0v) is 34.5. The molecule has 2 fully saturated rings. The van der Waals surface area contributed by atoms with Crippen LogP contribution in [-0.4, -0.2) is 114 Å². The number of carbonyl (C=O) groups excluding carboxylic acids is 6. The van der Waals surface area contributed by atoms with Gasteiger partial charge in [0.2, 0.25) is 11.8 Å². The number of hydrogen-bond acceptors (Lipinski definition) is 12. The van der Waals surface area contributed by atoms with E-state index in [4.69, 9.17) is 28.4 Å². The molecule has 0 bridgehead atoms. The Morgan fingerprint density at radius 2 is 1.07 bits per heavy atom. The molecule has 2 aliphatic rings. The minimum Gasteiger partial charge on any atom is -0.463 e. The molecule has 0 aromatic heterocycles. The third-order valence-electron chi connectivity index (χ3n) is 8.70. The Kier molecular flexibility index (Phi) is 62.1. The molecule has 0 aromatic rings. The molecule has 0 aliphatic heterocycles. The summed E-state index contributed by atoms with van der Waals surface area (Å²) in [5.41, 5.74) is 0. The standard InChI is InChI=1S/C21H37NO6.C8H16O4.C7H13NO.C4H6O.6CH4/c1-5-17(16(3)23)14-18(21(25)28-12-11-27-10-9-26-4)13-15(2)20(24)22-19-7-6-8-19;1-3-8(9)12-7-6-11-5-4-10-2;1-2-7(9)8-6-4-3-5-6;1-3-4(2)5;;;;;;/h15,17-19H,5-14H2,1-4H3,(H,22,24);3-7H2,1-2H3;6H,2-5H2,1H3,(H,8,9);3H,1H2,2H3;6*1H4. The van der Waals surface area contributed by atoms with Crippen molar-refractivity contribution in [1.82, 2.24) is 10.6 Å².